The summed E-state index contributed by atoms with van der Waals surface area (Å²) in [6.07, 6.45) is 1.11. The van der Waals surface area contributed by atoms with Crippen LogP contribution in [-0.2, 0) is 6.42 Å². The summed E-state index contributed by atoms with van der Waals surface area (Å²) in [4.78, 5) is 2.20. The summed E-state index contributed by atoms with van der Waals surface area (Å²) in [7, 11) is 2.08. The van der Waals surface area contributed by atoms with Gasteiger partial charge in [0.2, 0.25) is 0 Å². The van der Waals surface area contributed by atoms with Crippen LogP contribution < -0.4 is 0 Å². The van der Waals surface area contributed by atoms with Crippen LogP contribution in [0, 0.1) is 6.92 Å². The Morgan fingerprint density at radius 2 is 1.85 bits per heavy atom. The van der Waals surface area contributed by atoms with Crippen LogP contribution in [0.3, 0.4) is 0 Å². The summed E-state index contributed by atoms with van der Waals surface area (Å²) in [5.74, 6) is 0.825. The molecular weight excluding hydrogens is 178 g/mol. The lowest BCUT2D eigenvalue weighted by Crippen LogP contribution is -2.19. The fourth-order valence-electron chi connectivity index (χ4n) is 1.15. The molecule has 0 unspecified atom stereocenters. The van der Waals surface area contributed by atoms with E-state index in [4.69, 9.17) is 0 Å². The maximum atomic E-state index is 4.20. The van der Waals surface area contributed by atoms with Gasteiger partial charge in [0.15, 0.2) is 0 Å². The van der Waals surface area contributed by atoms with E-state index in [-0.39, 0.29) is 0 Å². The first-order valence-corrected chi connectivity index (χ1v) is 5.20. The summed E-state index contributed by atoms with van der Waals surface area (Å²) in [5, 5.41) is 0. The van der Waals surface area contributed by atoms with Gasteiger partial charge in [0.05, 0.1) is 0 Å². The molecule has 1 aromatic carbocycles. The zero-order valence-corrected chi connectivity index (χ0v) is 9.22. The van der Waals surface area contributed by atoms with Crippen molar-refractivity contribution < 1.29 is 0 Å². The molecule has 13 heavy (non-hydrogen) atoms. The zero-order chi connectivity index (χ0) is 9.68. The van der Waals surface area contributed by atoms with Gasteiger partial charge < -0.3 is 0 Å². The van der Waals surface area contributed by atoms with E-state index in [9.17, 15) is 0 Å². The first-order chi connectivity index (χ1) is 6.22. The van der Waals surface area contributed by atoms with Crippen molar-refractivity contribution in [1.29, 1.82) is 0 Å². The number of aryl methyl sites for hydroxylation is 1. The molecule has 0 saturated carbocycles. The highest BCUT2D eigenvalue weighted by atomic mass is 32.1. The molecule has 0 spiro atoms. The molecular formula is C11H17NS. The van der Waals surface area contributed by atoms with Crippen molar-refractivity contribution in [1.82, 2.24) is 4.90 Å². The minimum absolute atomic E-state index is 0.825. The second-order valence-corrected chi connectivity index (χ2v) is 3.74. The average Bonchev–Trinajstić information content (AvgIpc) is 2.16. The van der Waals surface area contributed by atoms with Crippen molar-refractivity contribution in [2.75, 3.05) is 19.5 Å². The van der Waals surface area contributed by atoms with Gasteiger partial charge in [0.25, 0.3) is 0 Å². The maximum absolute atomic E-state index is 4.20. The van der Waals surface area contributed by atoms with Crippen molar-refractivity contribution in [3.8, 4) is 0 Å². The van der Waals surface area contributed by atoms with Crippen molar-refractivity contribution in [2.45, 2.75) is 13.3 Å². The number of nitrogens with zero attached hydrogens (tertiary/aromatic N) is 1. The van der Waals surface area contributed by atoms with Gasteiger partial charge in [-0.05, 0) is 26.0 Å². The smallest absolute Gasteiger partial charge is 0.0411 e. The molecule has 0 heterocycles. The summed E-state index contributed by atoms with van der Waals surface area (Å²) < 4.78 is 0. The molecule has 0 bridgehead atoms. The van der Waals surface area contributed by atoms with E-state index in [2.05, 4.69) is 55.8 Å². The Kier molecular flexibility index (Phi) is 4.33. The second-order valence-electron chi connectivity index (χ2n) is 3.46. The van der Waals surface area contributed by atoms with Gasteiger partial charge in [-0.25, -0.2) is 0 Å². The Labute approximate surface area is 86.2 Å². The van der Waals surface area contributed by atoms with E-state index < -0.39 is 0 Å². The quantitative estimate of drug-likeness (QED) is 0.570. The SMILES string of the molecule is Cc1ccc(CCN(C)CS)cc1. The molecule has 0 aliphatic carbocycles. The third kappa shape index (κ3) is 3.83. The molecule has 0 aliphatic heterocycles. The van der Waals surface area contributed by atoms with E-state index in [0.717, 1.165) is 18.8 Å². The van der Waals surface area contributed by atoms with Gasteiger partial charge in [0, 0.05) is 12.4 Å². The van der Waals surface area contributed by atoms with Gasteiger partial charge in [0.1, 0.15) is 0 Å². The standard InChI is InChI=1S/C11H17NS/c1-10-3-5-11(6-4-10)7-8-12(2)9-13/h3-6,13H,7-9H2,1-2H3. The number of hydrogen-bond donors (Lipinski definition) is 1. The normalized spacial score (nSPS) is 10.8. The number of hydrogen-bond acceptors (Lipinski definition) is 2. The van der Waals surface area contributed by atoms with Crippen LogP contribution in [0.2, 0.25) is 0 Å². The Balaban J connectivity index is 2.41. The van der Waals surface area contributed by atoms with E-state index in [1.165, 1.54) is 11.1 Å². The van der Waals surface area contributed by atoms with E-state index in [1.54, 1.807) is 0 Å². The molecule has 0 amide bonds. The fourth-order valence-corrected chi connectivity index (χ4v) is 1.29. The number of likely N-dealkylation sites (N-methyl/N-ethyl adjacent to an activating group) is 1. The Morgan fingerprint density at radius 3 is 2.38 bits per heavy atom. The van der Waals surface area contributed by atoms with Crippen LogP contribution in [-0.4, -0.2) is 24.4 Å². The highest BCUT2D eigenvalue weighted by Crippen LogP contribution is 2.04. The maximum Gasteiger partial charge on any atom is 0.0411 e. The van der Waals surface area contributed by atoms with Crippen LogP contribution in [0.25, 0.3) is 0 Å². The van der Waals surface area contributed by atoms with E-state index in [0.29, 0.717) is 0 Å². The van der Waals surface area contributed by atoms with Crippen LogP contribution in [0.5, 0.6) is 0 Å². The molecule has 1 aromatic rings. The van der Waals surface area contributed by atoms with Crippen molar-refractivity contribution in [3.05, 3.63) is 35.4 Å². The van der Waals surface area contributed by atoms with Gasteiger partial charge in [-0.3, -0.25) is 4.90 Å². The number of benzene rings is 1. The molecule has 0 fully saturated rings. The lowest BCUT2D eigenvalue weighted by Gasteiger charge is -2.12. The van der Waals surface area contributed by atoms with E-state index in [1.807, 2.05) is 0 Å². The Morgan fingerprint density at radius 1 is 1.23 bits per heavy atom. The summed E-state index contributed by atoms with van der Waals surface area (Å²) in [6.45, 7) is 3.19. The molecule has 0 radical (unpaired) electrons. The summed E-state index contributed by atoms with van der Waals surface area (Å²) in [6, 6.07) is 8.72. The highest BCUT2D eigenvalue weighted by Gasteiger charge is 1.96. The minimum atomic E-state index is 0.825. The first kappa shape index (κ1) is 10.6. The van der Waals surface area contributed by atoms with Crippen molar-refractivity contribution in [3.63, 3.8) is 0 Å². The first-order valence-electron chi connectivity index (χ1n) is 4.57. The second kappa shape index (κ2) is 5.30. The fraction of sp³-hybridized carbons (Fsp3) is 0.455. The van der Waals surface area contributed by atoms with Gasteiger partial charge in [-0.15, -0.1) is 0 Å². The third-order valence-electron chi connectivity index (χ3n) is 2.14. The molecule has 0 N–H and O–H groups in total. The molecule has 0 aliphatic rings. The van der Waals surface area contributed by atoms with Crippen LogP contribution >= 0.6 is 12.6 Å². The zero-order valence-electron chi connectivity index (χ0n) is 8.33. The van der Waals surface area contributed by atoms with Crippen LogP contribution in [0.1, 0.15) is 11.1 Å². The summed E-state index contributed by atoms with van der Waals surface area (Å²) >= 11 is 4.20. The summed E-state index contributed by atoms with van der Waals surface area (Å²) in [5.41, 5.74) is 2.73. The van der Waals surface area contributed by atoms with Gasteiger partial charge in [-0.2, -0.15) is 12.6 Å². The van der Waals surface area contributed by atoms with Crippen LogP contribution in [0.4, 0.5) is 0 Å². The molecule has 0 atom stereocenters. The Bertz CT molecular complexity index is 243. The molecule has 1 nitrogen and oxygen atoms in total. The highest BCUT2D eigenvalue weighted by molar-refractivity contribution is 7.80. The van der Waals surface area contributed by atoms with E-state index >= 15 is 0 Å². The minimum Gasteiger partial charge on any atom is -0.297 e. The lowest BCUT2D eigenvalue weighted by molar-refractivity contribution is 0.399. The van der Waals surface area contributed by atoms with Crippen molar-refractivity contribution >= 4 is 12.6 Å². The lowest BCUT2D eigenvalue weighted by atomic mass is 10.1. The van der Waals surface area contributed by atoms with Gasteiger partial charge in [-0.1, -0.05) is 29.8 Å². The molecule has 1 rings (SSSR count). The number of rotatable bonds is 4. The predicted molar refractivity (Wildman–Crippen MR) is 61.4 cm³/mol. The van der Waals surface area contributed by atoms with Crippen molar-refractivity contribution in [2.24, 2.45) is 0 Å². The monoisotopic (exact) mass is 195 g/mol. The third-order valence-corrected chi connectivity index (χ3v) is 2.63. The molecule has 0 aromatic heterocycles. The topological polar surface area (TPSA) is 3.24 Å². The predicted octanol–water partition coefficient (Wildman–Crippen LogP) is 2.36. The number of thiol groups is 1. The molecule has 0 saturated heterocycles. The largest absolute Gasteiger partial charge is 0.297 e. The average molecular weight is 195 g/mol. The molecule has 72 valence electrons. The van der Waals surface area contributed by atoms with Crippen LogP contribution in [0.15, 0.2) is 24.3 Å². The Hall–Kier alpha value is -0.470. The van der Waals surface area contributed by atoms with Gasteiger partial charge >= 0.3 is 0 Å². The molecule has 2 heteroatoms.